The van der Waals surface area contributed by atoms with Crippen LogP contribution in [-0.4, -0.2) is 29.8 Å². The Morgan fingerprint density at radius 1 is 1.18 bits per heavy atom. The smallest absolute Gasteiger partial charge is 0.408 e. The molecule has 4 heteroatoms. The molecule has 0 radical (unpaired) electrons. The molecule has 0 aromatic heterocycles. The SMILES string of the molecule is CC1CC(NCC(C)(C)NC(=O)OC(C)(C)C)CC(C)(C)C1. The average molecular weight is 312 g/mol. The van der Waals surface area contributed by atoms with Crippen LogP contribution in [0.25, 0.3) is 0 Å². The summed E-state index contributed by atoms with van der Waals surface area (Å²) in [6.45, 7) is 17.5. The third-order valence-corrected chi connectivity index (χ3v) is 4.06. The molecule has 0 spiro atoms. The lowest BCUT2D eigenvalue weighted by atomic mass is 9.70. The highest BCUT2D eigenvalue weighted by atomic mass is 16.6. The van der Waals surface area contributed by atoms with E-state index in [0.717, 1.165) is 12.5 Å². The van der Waals surface area contributed by atoms with E-state index in [1.165, 1.54) is 19.3 Å². The molecule has 0 heterocycles. The van der Waals surface area contributed by atoms with Crippen LogP contribution in [0, 0.1) is 11.3 Å². The second kappa shape index (κ2) is 6.77. The fourth-order valence-corrected chi connectivity index (χ4v) is 3.53. The van der Waals surface area contributed by atoms with Gasteiger partial charge in [-0.3, -0.25) is 0 Å². The fraction of sp³-hybridized carbons (Fsp3) is 0.944. The zero-order valence-electron chi connectivity index (χ0n) is 15.8. The molecule has 130 valence electrons. The summed E-state index contributed by atoms with van der Waals surface area (Å²) in [6, 6.07) is 0.526. The molecule has 2 atom stereocenters. The lowest BCUT2D eigenvalue weighted by molar-refractivity contribution is 0.0466. The van der Waals surface area contributed by atoms with Gasteiger partial charge in [-0.15, -0.1) is 0 Å². The third kappa shape index (κ3) is 7.48. The summed E-state index contributed by atoms with van der Waals surface area (Å²) in [7, 11) is 0. The third-order valence-electron chi connectivity index (χ3n) is 4.06. The summed E-state index contributed by atoms with van der Waals surface area (Å²) in [5.41, 5.74) is -0.387. The highest BCUT2D eigenvalue weighted by molar-refractivity contribution is 5.68. The fourth-order valence-electron chi connectivity index (χ4n) is 3.53. The van der Waals surface area contributed by atoms with Crippen LogP contribution in [0.15, 0.2) is 0 Å². The Hall–Kier alpha value is -0.770. The van der Waals surface area contributed by atoms with Crippen LogP contribution in [0.4, 0.5) is 4.79 Å². The molecule has 0 aromatic rings. The quantitative estimate of drug-likeness (QED) is 0.822. The summed E-state index contributed by atoms with van der Waals surface area (Å²) in [5.74, 6) is 0.753. The highest BCUT2D eigenvalue weighted by Crippen LogP contribution is 2.38. The maximum absolute atomic E-state index is 11.9. The van der Waals surface area contributed by atoms with E-state index in [9.17, 15) is 4.79 Å². The van der Waals surface area contributed by atoms with Crippen LogP contribution >= 0.6 is 0 Å². The molecule has 4 nitrogen and oxygen atoms in total. The van der Waals surface area contributed by atoms with Gasteiger partial charge in [0.05, 0.1) is 5.54 Å². The Balaban J connectivity index is 2.46. The van der Waals surface area contributed by atoms with Crippen molar-refractivity contribution in [2.24, 2.45) is 11.3 Å². The van der Waals surface area contributed by atoms with E-state index in [-0.39, 0.29) is 11.6 Å². The highest BCUT2D eigenvalue weighted by Gasteiger charge is 2.33. The van der Waals surface area contributed by atoms with Crippen molar-refractivity contribution < 1.29 is 9.53 Å². The van der Waals surface area contributed by atoms with Crippen molar-refractivity contribution in [3.05, 3.63) is 0 Å². The van der Waals surface area contributed by atoms with Gasteiger partial charge in [-0.25, -0.2) is 4.79 Å². The first-order valence-corrected chi connectivity index (χ1v) is 8.53. The molecule has 1 rings (SSSR count). The van der Waals surface area contributed by atoms with E-state index >= 15 is 0 Å². The number of ether oxygens (including phenoxy) is 1. The minimum absolute atomic E-state index is 0.326. The van der Waals surface area contributed by atoms with Crippen molar-refractivity contribution >= 4 is 6.09 Å². The Labute approximate surface area is 136 Å². The van der Waals surface area contributed by atoms with Gasteiger partial charge in [0.1, 0.15) is 5.60 Å². The summed E-state index contributed by atoms with van der Waals surface area (Å²) in [4.78, 5) is 11.9. The molecule has 0 saturated heterocycles. The molecule has 1 aliphatic rings. The Kier molecular flexibility index (Phi) is 5.94. The monoisotopic (exact) mass is 312 g/mol. The van der Waals surface area contributed by atoms with E-state index in [1.807, 2.05) is 34.6 Å². The lowest BCUT2D eigenvalue weighted by Crippen LogP contribution is -2.54. The van der Waals surface area contributed by atoms with Gasteiger partial charge in [0.25, 0.3) is 0 Å². The van der Waals surface area contributed by atoms with Crippen molar-refractivity contribution in [2.75, 3.05) is 6.54 Å². The first-order chi connectivity index (χ1) is 9.78. The van der Waals surface area contributed by atoms with Crippen molar-refractivity contribution in [3.63, 3.8) is 0 Å². The van der Waals surface area contributed by atoms with E-state index < -0.39 is 5.60 Å². The summed E-state index contributed by atoms with van der Waals surface area (Å²) >= 11 is 0. The van der Waals surface area contributed by atoms with Gasteiger partial charge < -0.3 is 15.4 Å². The van der Waals surface area contributed by atoms with E-state index in [4.69, 9.17) is 4.74 Å². The number of nitrogens with one attached hydrogen (secondary N) is 2. The van der Waals surface area contributed by atoms with Gasteiger partial charge in [0, 0.05) is 12.6 Å². The summed E-state index contributed by atoms with van der Waals surface area (Å²) in [5, 5.41) is 6.61. The second-order valence-corrected chi connectivity index (χ2v) is 9.50. The maximum Gasteiger partial charge on any atom is 0.408 e. The summed E-state index contributed by atoms with van der Waals surface area (Å²) < 4.78 is 5.34. The molecule has 22 heavy (non-hydrogen) atoms. The van der Waals surface area contributed by atoms with Crippen molar-refractivity contribution in [3.8, 4) is 0 Å². The van der Waals surface area contributed by atoms with E-state index in [2.05, 4.69) is 31.4 Å². The van der Waals surface area contributed by atoms with E-state index in [1.54, 1.807) is 0 Å². The molecule has 2 unspecified atom stereocenters. The minimum atomic E-state index is -0.462. The zero-order chi connectivity index (χ0) is 17.2. The van der Waals surface area contributed by atoms with Gasteiger partial charge in [-0.1, -0.05) is 20.8 Å². The van der Waals surface area contributed by atoms with Crippen molar-refractivity contribution in [1.82, 2.24) is 10.6 Å². The standard InChI is InChI=1S/C18H36N2O2/c1-13-9-14(11-17(5,6)10-13)19-12-18(7,8)20-15(21)22-16(2,3)4/h13-14,19H,9-12H2,1-8H3,(H,20,21). The Morgan fingerprint density at radius 3 is 2.27 bits per heavy atom. The normalized spacial score (nSPS) is 25.6. The van der Waals surface area contributed by atoms with Crippen LogP contribution in [0.2, 0.25) is 0 Å². The molecular formula is C18H36N2O2. The van der Waals surface area contributed by atoms with Gasteiger partial charge >= 0.3 is 6.09 Å². The largest absolute Gasteiger partial charge is 0.444 e. The minimum Gasteiger partial charge on any atom is -0.444 e. The Morgan fingerprint density at radius 2 is 1.77 bits per heavy atom. The zero-order valence-corrected chi connectivity index (χ0v) is 15.8. The molecule has 1 aliphatic carbocycles. The molecule has 0 bridgehead atoms. The molecular weight excluding hydrogens is 276 g/mol. The second-order valence-electron chi connectivity index (χ2n) is 9.50. The van der Waals surface area contributed by atoms with Gasteiger partial charge in [0.2, 0.25) is 0 Å². The Bertz CT molecular complexity index is 383. The van der Waals surface area contributed by atoms with Crippen LogP contribution in [0.1, 0.15) is 74.7 Å². The molecule has 1 fully saturated rings. The topological polar surface area (TPSA) is 50.4 Å². The number of alkyl carbamates (subject to hydrolysis) is 1. The van der Waals surface area contributed by atoms with Crippen LogP contribution < -0.4 is 10.6 Å². The van der Waals surface area contributed by atoms with Crippen LogP contribution in [-0.2, 0) is 4.74 Å². The number of hydrogen-bond acceptors (Lipinski definition) is 3. The molecule has 1 amide bonds. The molecule has 1 saturated carbocycles. The van der Waals surface area contributed by atoms with Gasteiger partial charge in [0.15, 0.2) is 0 Å². The van der Waals surface area contributed by atoms with Crippen LogP contribution in [0.5, 0.6) is 0 Å². The molecule has 0 aromatic carbocycles. The maximum atomic E-state index is 11.9. The number of carbonyl (C=O) groups is 1. The number of hydrogen-bond donors (Lipinski definition) is 2. The first kappa shape index (κ1) is 19.3. The number of amides is 1. The predicted octanol–water partition coefficient (Wildman–Crippen LogP) is 4.09. The van der Waals surface area contributed by atoms with Crippen LogP contribution in [0.3, 0.4) is 0 Å². The number of rotatable bonds is 4. The molecule has 2 N–H and O–H groups in total. The van der Waals surface area contributed by atoms with E-state index in [0.29, 0.717) is 11.5 Å². The first-order valence-electron chi connectivity index (χ1n) is 8.53. The predicted molar refractivity (Wildman–Crippen MR) is 92.0 cm³/mol. The van der Waals surface area contributed by atoms with Gasteiger partial charge in [-0.05, 0) is 65.2 Å². The lowest BCUT2D eigenvalue weighted by Gasteiger charge is -2.40. The summed E-state index contributed by atoms with van der Waals surface area (Å²) in [6.07, 6.45) is 3.35. The number of carbonyl (C=O) groups excluding carboxylic acids is 1. The average Bonchev–Trinajstić information content (AvgIpc) is 2.19. The van der Waals surface area contributed by atoms with Gasteiger partial charge in [-0.2, -0.15) is 0 Å². The molecule has 0 aliphatic heterocycles. The van der Waals surface area contributed by atoms with Crippen molar-refractivity contribution in [2.45, 2.75) is 91.8 Å². The van der Waals surface area contributed by atoms with Crippen molar-refractivity contribution in [1.29, 1.82) is 0 Å².